The van der Waals surface area contributed by atoms with E-state index in [-0.39, 0.29) is 36.3 Å². The Morgan fingerprint density at radius 1 is 1.20 bits per heavy atom. The van der Waals surface area contributed by atoms with Crippen LogP contribution in [0.25, 0.3) is 0 Å². The van der Waals surface area contributed by atoms with Gasteiger partial charge in [-0.3, -0.25) is 0 Å². The zero-order chi connectivity index (χ0) is 10.6. The smallest absolute Gasteiger partial charge is 0.870 e. The molecule has 0 aliphatic heterocycles. The number of carbonyl (C=O) groups excluding carboxylic acids is 2. The van der Waals surface area contributed by atoms with Crippen molar-refractivity contribution in [2.75, 3.05) is 21.1 Å². The van der Waals surface area contributed by atoms with E-state index in [4.69, 9.17) is 0 Å². The van der Waals surface area contributed by atoms with Crippen LogP contribution in [0.5, 0.6) is 0 Å². The van der Waals surface area contributed by atoms with E-state index in [1.807, 2.05) is 20.1 Å². The van der Waals surface area contributed by atoms with E-state index in [2.05, 4.69) is 0 Å². The third-order valence-corrected chi connectivity index (χ3v) is 1.85. The van der Waals surface area contributed by atoms with E-state index < -0.39 is 6.04 Å². The average Bonchev–Trinajstić information content (AvgIpc) is 2.03. The van der Waals surface area contributed by atoms with E-state index in [1.54, 1.807) is 21.1 Å². The Morgan fingerprint density at radius 3 is 1.80 bits per heavy atom. The van der Waals surface area contributed by atoms with Crippen molar-refractivity contribution in [3.8, 4) is 0 Å². The van der Waals surface area contributed by atoms with Gasteiger partial charge in [-0.25, -0.2) is 11.1 Å². The predicted octanol–water partition coefficient (Wildman–Crippen LogP) is -2.44. The van der Waals surface area contributed by atoms with Crippen LogP contribution in [0.3, 0.4) is 0 Å². The van der Waals surface area contributed by atoms with E-state index in [9.17, 15) is 9.59 Å². The summed E-state index contributed by atoms with van der Waals surface area (Å²) in [6.07, 6.45) is 1.87. The van der Waals surface area contributed by atoms with E-state index in [0.717, 1.165) is 0 Å². The zero-order valence-corrected chi connectivity index (χ0v) is 10.3. The maximum atomic E-state index is 11.4. The van der Waals surface area contributed by atoms with Crippen molar-refractivity contribution in [2.45, 2.75) is 19.9 Å². The van der Waals surface area contributed by atoms with Crippen molar-refractivity contribution < 1.29 is 33.9 Å². The third-order valence-electron chi connectivity index (χ3n) is 1.85. The molecule has 0 aromatic carbocycles. The number of hydrogen-bond acceptors (Lipinski definition) is 3. The van der Waals surface area contributed by atoms with Gasteiger partial charge >= 0.3 is 24.9 Å². The molecule has 0 radical (unpaired) electrons. The molecule has 0 saturated carbocycles. The summed E-state index contributed by atoms with van der Waals surface area (Å²) in [6.45, 7) is 3.77. The first kappa shape index (κ1) is 20.0. The average molecular weight is 209 g/mol. The molecule has 0 aliphatic rings. The standard InChI is InChI=1S/C9H17N2O2.Li.H2O/c1-7(2)8(6-12)11(5)9(13)10(3)4;;/h7-8H,1-5H3;;1H2/q-1;+1;/p-1/t8-;;/m1../s1. The molecule has 0 aromatic heterocycles. The number of nitrogens with zero attached hydrogens (tertiary/aromatic N) is 2. The molecule has 0 rings (SSSR count). The Kier molecular flexibility index (Phi) is 11.7. The molecule has 0 heterocycles. The fraction of sp³-hybridized carbons (Fsp3) is 0.778. The van der Waals surface area contributed by atoms with Gasteiger partial charge in [0.05, 0.1) is 0 Å². The van der Waals surface area contributed by atoms with E-state index in [0.29, 0.717) is 0 Å². The van der Waals surface area contributed by atoms with Crippen LogP contribution in [0, 0.1) is 5.92 Å². The first-order valence-corrected chi connectivity index (χ1v) is 4.23. The van der Waals surface area contributed by atoms with Gasteiger partial charge < -0.3 is 20.1 Å². The van der Waals surface area contributed by atoms with Gasteiger partial charge in [0.15, 0.2) is 0 Å². The van der Waals surface area contributed by atoms with E-state index in [1.165, 1.54) is 9.80 Å². The first-order valence-electron chi connectivity index (χ1n) is 4.23. The first-order chi connectivity index (χ1) is 5.91. The molecular weight excluding hydrogens is 191 g/mol. The number of urea groups is 1. The minimum atomic E-state index is -0.463. The van der Waals surface area contributed by atoms with Gasteiger partial charge in [0.25, 0.3) is 0 Å². The van der Waals surface area contributed by atoms with Gasteiger partial charge in [-0.2, -0.15) is 0 Å². The van der Waals surface area contributed by atoms with Crippen LogP contribution in [-0.4, -0.2) is 54.8 Å². The summed E-state index contributed by atoms with van der Waals surface area (Å²) in [5.74, 6) is 0.0893. The summed E-state index contributed by atoms with van der Waals surface area (Å²) >= 11 is 0. The zero-order valence-electron chi connectivity index (χ0n) is 10.3. The van der Waals surface area contributed by atoms with Crippen LogP contribution in [0.1, 0.15) is 13.8 Å². The second-order valence-electron chi connectivity index (χ2n) is 3.59. The van der Waals surface area contributed by atoms with Gasteiger partial charge in [-0.15, -0.1) is 0 Å². The largest absolute Gasteiger partial charge is 1.00 e. The monoisotopic (exact) mass is 209 g/mol. The Balaban J connectivity index is -0.000000720. The maximum absolute atomic E-state index is 11.4. The Bertz CT molecular complexity index is 198. The molecule has 5 nitrogen and oxygen atoms in total. The number of likely N-dealkylation sites (N-methyl/N-ethyl adjacent to an activating group) is 1. The summed E-state index contributed by atoms with van der Waals surface area (Å²) in [7, 11) is 4.92. The minimum absolute atomic E-state index is 0. The molecule has 6 heteroatoms. The fourth-order valence-electron chi connectivity index (χ4n) is 1.10. The predicted molar refractivity (Wildman–Crippen MR) is 53.1 cm³/mol. The third kappa shape index (κ3) is 5.83. The van der Waals surface area contributed by atoms with Gasteiger partial charge in [-0.1, -0.05) is 25.8 Å². The quantitative estimate of drug-likeness (QED) is 0.383. The van der Waals surface area contributed by atoms with Crippen LogP contribution in [0.4, 0.5) is 4.79 Å². The van der Waals surface area contributed by atoms with Crippen molar-refractivity contribution >= 4 is 12.3 Å². The van der Waals surface area contributed by atoms with Crippen molar-refractivity contribution in [2.24, 2.45) is 5.92 Å². The summed E-state index contributed by atoms with van der Waals surface area (Å²) in [6, 6.07) is -0.642. The molecule has 0 fully saturated rings. The summed E-state index contributed by atoms with van der Waals surface area (Å²) in [5, 5.41) is 0. The molecule has 2 amide bonds. The molecule has 0 bridgehead atoms. The number of rotatable bonds is 3. The molecule has 0 spiro atoms. The molecule has 0 aliphatic carbocycles. The topological polar surface area (TPSA) is 70.6 Å². The Morgan fingerprint density at radius 2 is 1.60 bits per heavy atom. The molecule has 0 saturated heterocycles. The number of carbonyl (C=O) groups is 1. The maximum Gasteiger partial charge on any atom is 1.00 e. The Hall–Kier alpha value is -0.503. The van der Waals surface area contributed by atoms with Crippen molar-refractivity contribution in [1.29, 1.82) is 0 Å². The van der Waals surface area contributed by atoms with Crippen LogP contribution in [0.15, 0.2) is 0 Å². The summed E-state index contributed by atoms with van der Waals surface area (Å²) in [4.78, 5) is 24.8. The second kappa shape index (κ2) is 8.78. The van der Waals surface area contributed by atoms with Crippen molar-refractivity contribution in [1.82, 2.24) is 9.80 Å². The van der Waals surface area contributed by atoms with Crippen LogP contribution in [-0.2, 0) is 4.79 Å². The molecule has 0 unspecified atom stereocenters. The van der Waals surface area contributed by atoms with Crippen molar-refractivity contribution in [3.05, 3.63) is 0 Å². The molecule has 1 atom stereocenters. The van der Waals surface area contributed by atoms with Crippen LogP contribution < -0.4 is 18.9 Å². The minimum Gasteiger partial charge on any atom is -0.870 e. The molecular formula is C9H18LiN2O3-. The normalized spacial score (nSPS) is 10.8. The van der Waals surface area contributed by atoms with Crippen LogP contribution >= 0.6 is 0 Å². The summed E-state index contributed by atoms with van der Waals surface area (Å²) < 4.78 is 0. The molecule has 1 N–H and O–H groups in total. The van der Waals surface area contributed by atoms with Gasteiger partial charge in [0.1, 0.15) is 0 Å². The number of amides is 2. The van der Waals surface area contributed by atoms with E-state index >= 15 is 0 Å². The second-order valence-corrected chi connectivity index (χ2v) is 3.59. The van der Waals surface area contributed by atoms with Crippen LogP contribution in [0.2, 0.25) is 0 Å². The van der Waals surface area contributed by atoms with Gasteiger partial charge in [-0.05, 0) is 0 Å². The van der Waals surface area contributed by atoms with Crippen molar-refractivity contribution in [3.63, 3.8) is 0 Å². The fourth-order valence-corrected chi connectivity index (χ4v) is 1.10. The molecule has 15 heavy (non-hydrogen) atoms. The van der Waals surface area contributed by atoms with Gasteiger partial charge in [0, 0.05) is 21.1 Å². The molecule has 0 aromatic rings. The molecule has 84 valence electrons. The number of hydrogen-bond donors (Lipinski definition) is 0. The van der Waals surface area contributed by atoms with Gasteiger partial charge in [0.2, 0.25) is 0 Å². The SMILES string of the molecule is CC(C)[C@@H]([C-]=O)N(C)C(=O)N(C)C.[Li+].[OH-]. The summed E-state index contributed by atoms with van der Waals surface area (Å²) in [5.41, 5.74) is 0. The Labute approximate surface area is 103 Å².